The first-order valence-corrected chi connectivity index (χ1v) is 9.53. The number of hydrogen-bond donors (Lipinski definition) is 2. The highest BCUT2D eigenvalue weighted by Crippen LogP contribution is 2.24. The molecule has 0 fully saturated rings. The van der Waals surface area contributed by atoms with Crippen LogP contribution in [0.2, 0.25) is 0 Å². The lowest BCUT2D eigenvalue weighted by atomic mass is 10.1. The predicted octanol–water partition coefficient (Wildman–Crippen LogP) is 4.79. The van der Waals surface area contributed by atoms with Crippen LogP contribution in [-0.4, -0.2) is 37.9 Å². The van der Waals surface area contributed by atoms with Gasteiger partial charge in [-0.05, 0) is 62.4 Å². The molecule has 0 spiro atoms. The summed E-state index contributed by atoms with van der Waals surface area (Å²) in [5.74, 6) is -2.36. The van der Waals surface area contributed by atoms with Gasteiger partial charge in [0, 0.05) is 40.4 Å². The molecule has 4 rings (SSSR count). The molecule has 0 saturated heterocycles. The molecular weight excluding hydrogens is 394 g/mol. The van der Waals surface area contributed by atoms with Gasteiger partial charge >= 0.3 is 11.9 Å². The summed E-state index contributed by atoms with van der Waals surface area (Å²) in [4.78, 5) is 31.8. The van der Waals surface area contributed by atoms with E-state index in [9.17, 15) is 19.8 Å². The fourth-order valence-electron chi connectivity index (χ4n) is 3.59. The number of carbonyl (C=O) groups is 2. The molecule has 2 heterocycles. The van der Waals surface area contributed by atoms with Gasteiger partial charge in [-0.3, -0.25) is 9.98 Å². The number of rotatable bonds is 5. The van der Waals surface area contributed by atoms with Gasteiger partial charge in [-0.1, -0.05) is 6.07 Å². The van der Waals surface area contributed by atoms with E-state index >= 15 is 0 Å². The van der Waals surface area contributed by atoms with Crippen LogP contribution < -0.4 is 0 Å². The maximum absolute atomic E-state index is 11.5. The first kappa shape index (κ1) is 20.0. The van der Waals surface area contributed by atoms with Crippen molar-refractivity contribution in [2.75, 3.05) is 0 Å². The van der Waals surface area contributed by atoms with Crippen molar-refractivity contribution in [1.29, 1.82) is 0 Å². The molecule has 7 heteroatoms. The molecule has 4 aromatic rings. The molecule has 31 heavy (non-hydrogen) atoms. The third-order valence-corrected chi connectivity index (χ3v) is 5.08. The summed E-state index contributed by atoms with van der Waals surface area (Å²) in [5.41, 5.74) is 4.50. The van der Waals surface area contributed by atoms with E-state index in [-0.39, 0.29) is 11.1 Å². The number of benzene rings is 2. The number of aromatic nitrogens is 2. The van der Waals surface area contributed by atoms with Crippen molar-refractivity contribution >= 4 is 34.7 Å². The fraction of sp³-hybridized carbons (Fsp3) is 0.0833. The first-order valence-electron chi connectivity index (χ1n) is 9.53. The van der Waals surface area contributed by atoms with Crippen molar-refractivity contribution in [1.82, 2.24) is 9.55 Å². The zero-order valence-electron chi connectivity index (χ0n) is 16.9. The first-order chi connectivity index (χ1) is 14.8. The van der Waals surface area contributed by atoms with Crippen molar-refractivity contribution in [3.8, 4) is 5.69 Å². The Labute approximate surface area is 177 Å². The van der Waals surface area contributed by atoms with Gasteiger partial charge in [0.15, 0.2) is 0 Å². The Balaban J connectivity index is 1.74. The lowest BCUT2D eigenvalue weighted by Gasteiger charge is -2.12. The number of pyridine rings is 1. The number of carboxylic acid groups (broad SMARTS) is 2. The molecule has 0 bridgehead atoms. The summed E-state index contributed by atoms with van der Waals surface area (Å²) >= 11 is 0. The molecule has 7 nitrogen and oxygen atoms in total. The number of aliphatic imine (C=N–C) groups is 1. The Kier molecular flexibility index (Phi) is 5.09. The molecule has 0 aliphatic heterocycles. The molecule has 2 aromatic carbocycles. The minimum atomic E-state index is -1.18. The smallest absolute Gasteiger partial charge is 0.335 e. The van der Waals surface area contributed by atoms with Crippen molar-refractivity contribution in [3.05, 3.63) is 88.9 Å². The van der Waals surface area contributed by atoms with Crippen LogP contribution in [0.4, 0.5) is 5.69 Å². The monoisotopic (exact) mass is 413 g/mol. The van der Waals surface area contributed by atoms with Crippen molar-refractivity contribution in [2.45, 2.75) is 13.8 Å². The van der Waals surface area contributed by atoms with E-state index in [0.29, 0.717) is 5.69 Å². The lowest BCUT2D eigenvalue weighted by molar-refractivity contribution is 0.0696. The summed E-state index contributed by atoms with van der Waals surface area (Å²) < 4.78 is 1.82. The van der Waals surface area contributed by atoms with Crippen molar-refractivity contribution < 1.29 is 19.8 Å². The minimum Gasteiger partial charge on any atom is -0.478 e. The maximum Gasteiger partial charge on any atom is 0.335 e. The second kappa shape index (κ2) is 7.87. The molecule has 154 valence electrons. The summed E-state index contributed by atoms with van der Waals surface area (Å²) in [6.45, 7) is 3.76. The Morgan fingerprint density at radius 2 is 1.68 bits per heavy atom. The molecular formula is C24H19N3O4. The third kappa shape index (κ3) is 3.93. The highest BCUT2D eigenvalue weighted by Gasteiger charge is 2.16. The normalized spacial score (nSPS) is 11.3. The number of carboxylic acids is 2. The summed E-state index contributed by atoms with van der Waals surface area (Å²) in [7, 11) is 0. The SMILES string of the molecule is Cc1cc(C=Nc2ccc3ncccc3c2)c(C)n1-c1cc(C(=O)O)cc(C(=O)O)c1. The molecule has 0 atom stereocenters. The van der Waals surface area contributed by atoms with Gasteiger partial charge in [0.25, 0.3) is 0 Å². The van der Waals surface area contributed by atoms with Gasteiger partial charge < -0.3 is 14.8 Å². The summed E-state index contributed by atoms with van der Waals surface area (Å²) in [6.07, 6.45) is 3.49. The molecule has 2 N–H and O–H groups in total. The van der Waals surface area contributed by atoms with E-state index in [1.165, 1.54) is 12.1 Å². The Hall–Kier alpha value is -4.26. The average Bonchev–Trinajstić information content (AvgIpc) is 3.04. The van der Waals surface area contributed by atoms with E-state index < -0.39 is 11.9 Å². The maximum atomic E-state index is 11.5. The molecule has 0 radical (unpaired) electrons. The van der Waals surface area contributed by atoms with E-state index in [1.807, 2.05) is 54.8 Å². The lowest BCUT2D eigenvalue weighted by Crippen LogP contribution is -2.07. The van der Waals surface area contributed by atoms with Crippen LogP contribution in [0.15, 0.2) is 65.8 Å². The number of aryl methyl sites for hydroxylation is 1. The van der Waals surface area contributed by atoms with Gasteiger partial charge in [-0.2, -0.15) is 0 Å². The molecule has 0 unspecified atom stereocenters. The standard InChI is InChI=1S/C24H19N3O4/c1-14-8-19(13-26-20-5-6-22-16(10-20)4-3-7-25-22)15(2)27(14)21-11-17(23(28)29)9-18(12-21)24(30)31/h3-13H,1-2H3,(H,28,29)(H,30,31). The minimum absolute atomic E-state index is 0.0811. The second-order valence-corrected chi connectivity index (χ2v) is 7.18. The van der Waals surface area contributed by atoms with Crippen LogP contribution in [-0.2, 0) is 0 Å². The zero-order chi connectivity index (χ0) is 22.1. The molecule has 2 aromatic heterocycles. The Morgan fingerprint density at radius 1 is 0.968 bits per heavy atom. The Morgan fingerprint density at radius 3 is 2.35 bits per heavy atom. The largest absolute Gasteiger partial charge is 0.478 e. The van der Waals surface area contributed by atoms with Crippen LogP contribution in [0, 0.1) is 13.8 Å². The highest BCUT2D eigenvalue weighted by molar-refractivity contribution is 5.95. The molecule has 0 amide bonds. The zero-order valence-corrected chi connectivity index (χ0v) is 16.9. The number of hydrogen-bond acceptors (Lipinski definition) is 4. The van der Waals surface area contributed by atoms with E-state index in [4.69, 9.17) is 0 Å². The number of nitrogens with zero attached hydrogens (tertiary/aromatic N) is 3. The van der Waals surface area contributed by atoms with E-state index in [1.54, 1.807) is 12.4 Å². The van der Waals surface area contributed by atoms with Crippen LogP contribution in [0.25, 0.3) is 16.6 Å². The van der Waals surface area contributed by atoms with Gasteiger partial charge in [0.05, 0.1) is 22.3 Å². The van der Waals surface area contributed by atoms with Gasteiger partial charge in [0.2, 0.25) is 0 Å². The van der Waals surface area contributed by atoms with Crippen LogP contribution in [0.3, 0.4) is 0 Å². The molecule has 0 aliphatic rings. The third-order valence-electron chi connectivity index (χ3n) is 5.08. The van der Waals surface area contributed by atoms with Crippen molar-refractivity contribution in [3.63, 3.8) is 0 Å². The van der Waals surface area contributed by atoms with E-state index in [2.05, 4.69) is 9.98 Å². The van der Waals surface area contributed by atoms with Gasteiger partial charge in [0.1, 0.15) is 0 Å². The molecule has 0 aliphatic carbocycles. The average molecular weight is 413 g/mol. The summed E-state index contributed by atoms with van der Waals surface area (Å²) in [5, 5.41) is 19.7. The Bertz CT molecular complexity index is 1340. The fourth-order valence-corrected chi connectivity index (χ4v) is 3.59. The number of aromatic carboxylic acids is 2. The predicted molar refractivity (Wildman–Crippen MR) is 118 cm³/mol. The van der Waals surface area contributed by atoms with Crippen LogP contribution >= 0.6 is 0 Å². The molecule has 0 saturated carbocycles. The van der Waals surface area contributed by atoms with Crippen LogP contribution in [0.5, 0.6) is 0 Å². The quantitative estimate of drug-likeness (QED) is 0.458. The second-order valence-electron chi connectivity index (χ2n) is 7.18. The van der Waals surface area contributed by atoms with Gasteiger partial charge in [-0.25, -0.2) is 9.59 Å². The summed E-state index contributed by atoms with van der Waals surface area (Å²) in [6, 6.07) is 15.6. The number of fused-ring (bicyclic) bond motifs is 1. The van der Waals surface area contributed by atoms with E-state index in [0.717, 1.165) is 39.6 Å². The van der Waals surface area contributed by atoms with Crippen LogP contribution in [0.1, 0.15) is 37.7 Å². The van der Waals surface area contributed by atoms with Crippen molar-refractivity contribution in [2.24, 2.45) is 4.99 Å². The topological polar surface area (TPSA) is 105 Å². The van der Waals surface area contributed by atoms with Gasteiger partial charge in [-0.15, -0.1) is 0 Å². The highest BCUT2D eigenvalue weighted by atomic mass is 16.4.